The molecule has 1 aromatic carbocycles. The molecule has 2 unspecified atom stereocenters. The van der Waals surface area contributed by atoms with Crippen molar-refractivity contribution in [3.05, 3.63) is 35.4 Å². The van der Waals surface area contributed by atoms with Crippen molar-refractivity contribution < 1.29 is 13.9 Å². The third kappa shape index (κ3) is 2.09. The third-order valence-electron chi connectivity index (χ3n) is 3.38. The molecule has 0 radical (unpaired) electrons. The Bertz CT molecular complexity index is 371. The smallest absolute Gasteiger partial charge is 0.129 e. The molecule has 0 amide bonds. The summed E-state index contributed by atoms with van der Waals surface area (Å²) in [5.74, 6) is -0.914. The van der Waals surface area contributed by atoms with E-state index in [0.717, 1.165) is 12.8 Å². The minimum absolute atomic E-state index is 0.0172. The van der Waals surface area contributed by atoms with Crippen LogP contribution in [0.4, 0.5) is 8.78 Å². The van der Waals surface area contributed by atoms with E-state index in [1.165, 1.54) is 18.2 Å². The standard InChI is InChI=1S/C13H16F2O/c1-2-4-9-7-13(9,16)8-10-11(14)5-3-6-12(10)15/h3,5-6,9,16H,2,4,7-8H2,1H3. The first-order valence-corrected chi connectivity index (χ1v) is 5.72. The molecular weight excluding hydrogens is 210 g/mol. The van der Waals surface area contributed by atoms with Crippen LogP contribution < -0.4 is 0 Å². The van der Waals surface area contributed by atoms with Gasteiger partial charge in [0.05, 0.1) is 5.60 Å². The van der Waals surface area contributed by atoms with E-state index in [9.17, 15) is 13.9 Å². The van der Waals surface area contributed by atoms with Gasteiger partial charge in [-0.15, -0.1) is 0 Å². The Kier molecular flexibility index (Phi) is 2.98. The lowest BCUT2D eigenvalue weighted by Crippen LogP contribution is -2.17. The highest BCUT2D eigenvalue weighted by Crippen LogP contribution is 2.49. The number of hydrogen-bond acceptors (Lipinski definition) is 1. The number of benzene rings is 1. The average Bonchev–Trinajstić information content (AvgIpc) is 2.85. The molecule has 1 aliphatic rings. The van der Waals surface area contributed by atoms with Crippen LogP contribution in [-0.4, -0.2) is 10.7 Å². The summed E-state index contributed by atoms with van der Waals surface area (Å²) in [7, 11) is 0. The lowest BCUT2D eigenvalue weighted by Gasteiger charge is -2.11. The van der Waals surface area contributed by atoms with Crippen LogP contribution in [0.1, 0.15) is 31.7 Å². The Morgan fingerprint density at radius 1 is 1.38 bits per heavy atom. The summed E-state index contributed by atoms with van der Waals surface area (Å²) >= 11 is 0. The Labute approximate surface area is 94.1 Å². The highest BCUT2D eigenvalue weighted by atomic mass is 19.1. The van der Waals surface area contributed by atoms with E-state index in [2.05, 4.69) is 0 Å². The number of aliphatic hydroxyl groups is 1. The highest BCUT2D eigenvalue weighted by Gasteiger charge is 2.52. The summed E-state index contributed by atoms with van der Waals surface area (Å²) in [6.07, 6.45) is 2.67. The van der Waals surface area contributed by atoms with Crippen molar-refractivity contribution in [2.24, 2.45) is 5.92 Å². The maximum atomic E-state index is 13.4. The summed E-state index contributed by atoms with van der Waals surface area (Å²) < 4.78 is 26.7. The Hall–Kier alpha value is -0.960. The molecule has 1 aliphatic carbocycles. The van der Waals surface area contributed by atoms with Gasteiger partial charge in [0, 0.05) is 12.0 Å². The Balaban J connectivity index is 2.11. The summed E-state index contributed by atoms with van der Waals surface area (Å²) in [5.41, 5.74) is -0.859. The summed E-state index contributed by atoms with van der Waals surface area (Å²) in [4.78, 5) is 0. The van der Waals surface area contributed by atoms with E-state index in [-0.39, 0.29) is 17.9 Å². The second kappa shape index (κ2) is 4.13. The maximum absolute atomic E-state index is 13.4. The van der Waals surface area contributed by atoms with Gasteiger partial charge < -0.3 is 5.11 Å². The van der Waals surface area contributed by atoms with Crippen molar-refractivity contribution in [2.45, 2.75) is 38.2 Å². The van der Waals surface area contributed by atoms with Gasteiger partial charge >= 0.3 is 0 Å². The first kappa shape index (κ1) is 11.5. The topological polar surface area (TPSA) is 20.2 Å². The van der Waals surface area contributed by atoms with E-state index in [4.69, 9.17) is 0 Å². The van der Waals surface area contributed by atoms with Crippen molar-refractivity contribution >= 4 is 0 Å². The van der Waals surface area contributed by atoms with Gasteiger partial charge in [0.25, 0.3) is 0 Å². The lowest BCUT2D eigenvalue weighted by molar-refractivity contribution is 0.127. The monoisotopic (exact) mass is 226 g/mol. The van der Waals surface area contributed by atoms with Gasteiger partial charge in [-0.3, -0.25) is 0 Å². The van der Waals surface area contributed by atoms with Gasteiger partial charge in [-0.1, -0.05) is 19.4 Å². The molecule has 2 rings (SSSR count). The Morgan fingerprint density at radius 2 is 2.00 bits per heavy atom. The van der Waals surface area contributed by atoms with Crippen molar-refractivity contribution in [1.82, 2.24) is 0 Å². The fourth-order valence-electron chi connectivity index (χ4n) is 2.31. The second-order valence-corrected chi connectivity index (χ2v) is 4.67. The van der Waals surface area contributed by atoms with Crippen LogP contribution in [0.25, 0.3) is 0 Å². The van der Waals surface area contributed by atoms with E-state index in [0.29, 0.717) is 6.42 Å². The maximum Gasteiger partial charge on any atom is 0.129 e. The summed E-state index contributed by atoms with van der Waals surface area (Å²) in [6.45, 7) is 2.04. The molecule has 0 bridgehead atoms. The molecule has 1 nitrogen and oxygen atoms in total. The molecule has 0 aromatic heterocycles. The molecule has 0 aliphatic heterocycles. The van der Waals surface area contributed by atoms with E-state index in [1.54, 1.807) is 0 Å². The van der Waals surface area contributed by atoms with Crippen LogP contribution in [0.3, 0.4) is 0 Å². The summed E-state index contributed by atoms with van der Waals surface area (Å²) in [5, 5.41) is 10.1. The van der Waals surface area contributed by atoms with Gasteiger partial charge in [-0.05, 0) is 30.9 Å². The molecule has 0 saturated heterocycles. The van der Waals surface area contributed by atoms with Crippen LogP contribution in [0.15, 0.2) is 18.2 Å². The lowest BCUT2D eigenvalue weighted by atomic mass is 10.0. The highest BCUT2D eigenvalue weighted by molar-refractivity contribution is 5.24. The summed E-state index contributed by atoms with van der Waals surface area (Å²) in [6, 6.07) is 3.81. The first-order chi connectivity index (χ1) is 7.57. The molecule has 1 aromatic rings. The van der Waals surface area contributed by atoms with Crippen LogP contribution in [0, 0.1) is 17.6 Å². The van der Waals surface area contributed by atoms with Crippen molar-refractivity contribution in [1.29, 1.82) is 0 Å². The van der Waals surface area contributed by atoms with Crippen LogP contribution in [-0.2, 0) is 6.42 Å². The zero-order valence-corrected chi connectivity index (χ0v) is 9.34. The van der Waals surface area contributed by atoms with E-state index < -0.39 is 17.2 Å². The van der Waals surface area contributed by atoms with Gasteiger partial charge in [0.2, 0.25) is 0 Å². The zero-order chi connectivity index (χ0) is 11.8. The molecule has 1 saturated carbocycles. The van der Waals surface area contributed by atoms with Crippen LogP contribution in [0.5, 0.6) is 0 Å². The van der Waals surface area contributed by atoms with E-state index >= 15 is 0 Å². The predicted molar refractivity (Wildman–Crippen MR) is 58.0 cm³/mol. The molecule has 3 heteroatoms. The van der Waals surface area contributed by atoms with Crippen LogP contribution in [0.2, 0.25) is 0 Å². The largest absolute Gasteiger partial charge is 0.389 e. The SMILES string of the molecule is CCCC1CC1(O)Cc1c(F)cccc1F. The quantitative estimate of drug-likeness (QED) is 0.836. The van der Waals surface area contributed by atoms with Crippen molar-refractivity contribution in [3.8, 4) is 0 Å². The molecule has 16 heavy (non-hydrogen) atoms. The molecule has 2 atom stereocenters. The minimum atomic E-state index is -0.876. The Morgan fingerprint density at radius 3 is 2.56 bits per heavy atom. The second-order valence-electron chi connectivity index (χ2n) is 4.67. The normalized spacial score (nSPS) is 28.1. The zero-order valence-electron chi connectivity index (χ0n) is 9.34. The van der Waals surface area contributed by atoms with Crippen molar-refractivity contribution in [3.63, 3.8) is 0 Å². The molecule has 1 N–H and O–H groups in total. The number of hydrogen-bond donors (Lipinski definition) is 1. The minimum Gasteiger partial charge on any atom is -0.389 e. The first-order valence-electron chi connectivity index (χ1n) is 5.72. The van der Waals surface area contributed by atoms with E-state index in [1.807, 2.05) is 6.92 Å². The van der Waals surface area contributed by atoms with Gasteiger partial charge in [0.15, 0.2) is 0 Å². The third-order valence-corrected chi connectivity index (χ3v) is 3.38. The fourth-order valence-corrected chi connectivity index (χ4v) is 2.31. The number of halogens is 2. The molecule has 88 valence electrons. The van der Waals surface area contributed by atoms with Gasteiger partial charge in [0.1, 0.15) is 11.6 Å². The van der Waals surface area contributed by atoms with Crippen LogP contribution >= 0.6 is 0 Å². The average molecular weight is 226 g/mol. The molecule has 0 spiro atoms. The van der Waals surface area contributed by atoms with Gasteiger partial charge in [-0.25, -0.2) is 8.78 Å². The van der Waals surface area contributed by atoms with Crippen molar-refractivity contribution in [2.75, 3.05) is 0 Å². The molecular formula is C13H16F2O. The van der Waals surface area contributed by atoms with Gasteiger partial charge in [-0.2, -0.15) is 0 Å². The fraction of sp³-hybridized carbons (Fsp3) is 0.538. The molecule has 1 fully saturated rings. The predicted octanol–water partition coefficient (Wildman–Crippen LogP) is 3.06. The molecule has 0 heterocycles. The number of rotatable bonds is 4.